The third kappa shape index (κ3) is 1.93. The smallest absolute Gasteiger partial charge is 0.265 e. The molecule has 3 N–H and O–H groups in total. The fourth-order valence-electron chi connectivity index (χ4n) is 1.15. The van der Waals surface area contributed by atoms with Crippen LogP contribution in [0, 0.1) is 0 Å². The van der Waals surface area contributed by atoms with Gasteiger partial charge in [-0.2, -0.15) is 0 Å². The number of halogens is 3. The molecule has 78 valence electrons. The molecule has 6 heteroatoms. The van der Waals surface area contributed by atoms with Crippen LogP contribution in [0.1, 0.15) is 23.1 Å². The standard InChI is InChI=1S/C8H9ClF2N2O/c9-1-4-5(7(10)11)2-13-8(12)6(4)3-14/h2,7,14H,1,3H2,(H2,12,13). The number of pyridine rings is 1. The SMILES string of the molecule is Nc1ncc(C(F)F)c(CCl)c1CO. The maximum atomic E-state index is 12.4. The van der Waals surface area contributed by atoms with Gasteiger partial charge in [-0.1, -0.05) is 0 Å². The maximum Gasteiger partial charge on any atom is 0.265 e. The number of rotatable bonds is 3. The van der Waals surface area contributed by atoms with E-state index < -0.39 is 13.0 Å². The van der Waals surface area contributed by atoms with E-state index in [2.05, 4.69) is 4.98 Å². The Hall–Kier alpha value is -0.940. The van der Waals surface area contributed by atoms with Crippen LogP contribution in [-0.2, 0) is 12.5 Å². The van der Waals surface area contributed by atoms with Crippen molar-refractivity contribution >= 4 is 17.4 Å². The lowest BCUT2D eigenvalue weighted by Gasteiger charge is -2.11. The topological polar surface area (TPSA) is 59.1 Å². The molecule has 1 aromatic heterocycles. The Balaban J connectivity index is 3.33. The first-order chi connectivity index (χ1) is 6.61. The van der Waals surface area contributed by atoms with E-state index in [9.17, 15) is 8.78 Å². The number of anilines is 1. The molecule has 0 aliphatic carbocycles. The van der Waals surface area contributed by atoms with E-state index in [4.69, 9.17) is 22.4 Å². The average Bonchev–Trinajstić information content (AvgIpc) is 2.16. The number of aliphatic hydroxyl groups is 1. The van der Waals surface area contributed by atoms with Gasteiger partial charge in [0.25, 0.3) is 6.43 Å². The fourth-order valence-corrected chi connectivity index (χ4v) is 1.46. The molecule has 0 amide bonds. The molecule has 0 radical (unpaired) electrons. The number of alkyl halides is 3. The molecule has 0 aliphatic rings. The Morgan fingerprint density at radius 1 is 1.50 bits per heavy atom. The zero-order chi connectivity index (χ0) is 10.7. The monoisotopic (exact) mass is 222 g/mol. The molecule has 0 unspecified atom stereocenters. The van der Waals surface area contributed by atoms with Gasteiger partial charge in [-0.25, -0.2) is 13.8 Å². The van der Waals surface area contributed by atoms with Gasteiger partial charge in [0.05, 0.1) is 6.61 Å². The van der Waals surface area contributed by atoms with Gasteiger partial charge < -0.3 is 10.8 Å². The Bertz CT molecular complexity index is 333. The Kier molecular flexibility index (Phi) is 3.60. The maximum absolute atomic E-state index is 12.4. The number of nitrogens with two attached hydrogens (primary N) is 1. The molecule has 1 rings (SSSR count). The van der Waals surface area contributed by atoms with Gasteiger partial charge in [-0.05, 0) is 5.56 Å². The van der Waals surface area contributed by atoms with Crippen LogP contribution >= 0.6 is 11.6 Å². The highest BCUT2D eigenvalue weighted by atomic mass is 35.5. The minimum absolute atomic E-state index is 0.0348. The van der Waals surface area contributed by atoms with Crippen molar-refractivity contribution in [2.45, 2.75) is 18.9 Å². The van der Waals surface area contributed by atoms with Gasteiger partial charge in [0.15, 0.2) is 0 Å². The summed E-state index contributed by atoms with van der Waals surface area (Å²) in [5.41, 5.74) is 5.46. The number of aromatic nitrogens is 1. The molecule has 0 aliphatic heterocycles. The zero-order valence-corrected chi connectivity index (χ0v) is 7.93. The molecule has 1 heterocycles. The summed E-state index contributed by atoms with van der Waals surface area (Å²) in [5, 5.41) is 8.91. The molecule has 1 aromatic rings. The number of hydrogen-bond donors (Lipinski definition) is 2. The molecular weight excluding hydrogens is 214 g/mol. The Morgan fingerprint density at radius 2 is 2.14 bits per heavy atom. The van der Waals surface area contributed by atoms with Crippen LogP contribution in [0.25, 0.3) is 0 Å². The van der Waals surface area contributed by atoms with Crippen LogP contribution in [0.15, 0.2) is 6.20 Å². The summed E-state index contributed by atoms with van der Waals surface area (Å²) in [5.74, 6) is -0.0880. The van der Waals surface area contributed by atoms with Crippen LogP contribution in [0.3, 0.4) is 0 Å². The predicted octanol–water partition coefficient (Wildman–Crippen LogP) is 1.83. The first kappa shape index (κ1) is 11.1. The van der Waals surface area contributed by atoms with Crippen LogP contribution in [-0.4, -0.2) is 10.1 Å². The van der Waals surface area contributed by atoms with Gasteiger partial charge in [-0.3, -0.25) is 0 Å². The summed E-state index contributed by atoms with van der Waals surface area (Å²) in [6, 6.07) is 0. The van der Waals surface area contributed by atoms with E-state index in [-0.39, 0.29) is 28.4 Å². The lowest BCUT2D eigenvalue weighted by molar-refractivity contribution is 0.149. The summed E-state index contributed by atoms with van der Waals surface area (Å²) < 4.78 is 24.9. The van der Waals surface area contributed by atoms with E-state index in [0.717, 1.165) is 6.20 Å². The van der Waals surface area contributed by atoms with Crippen molar-refractivity contribution < 1.29 is 13.9 Å². The third-order valence-electron chi connectivity index (χ3n) is 1.89. The third-order valence-corrected chi connectivity index (χ3v) is 2.16. The van der Waals surface area contributed by atoms with Crippen LogP contribution < -0.4 is 5.73 Å². The second kappa shape index (κ2) is 4.52. The molecule has 14 heavy (non-hydrogen) atoms. The predicted molar refractivity (Wildman–Crippen MR) is 49.1 cm³/mol. The van der Waals surface area contributed by atoms with Crippen molar-refractivity contribution in [3.63, 3.8) is 0 Å². The van der Waals surface area contributed by atoms with Gasteiger partial charge in [0, 0.05) is 23.2 Å². The zero-order valence-electron chi connectivity index (χ0n) is 7.17. The van der Waals surface area contributed by atoms with E-state index >= 15 is 0 Å². The summed E-state index contributed by atoms with van der Waals surface area (Å²) in [4.78, 5) is 3.56. The van der Waals surface area contributed by atoms with E-state index in [1.807, 2.05) is 0 Å². The van der Waals surface area contributed by atoms with Crippen molar-refractivity contribution in [3.05, 3.63) is 22.9 Å². The van der Waals surface area contributed by atoms with E-state index in [1.54, 1.807) is 0 Å². The number of hydrogen-bond acceptors (Lipinski definition) is 3. The number of nitrogens with zero attached hydrogens (tertiary/aromatic N) is 1. The first-order valence-corrected chi connectivity index (χ1v) is 4.36. The van der Waals surface area contributed by atoms with Crippen molar-refractivity contribution in [3.8, 4) is 0 Å². The number of aliphatic hydroxyl groups excluding tert-OH is 1. The molecule has 0 saturated heterocycles. The highest BCUT2D eigenvalue weighted by Gasteiger charge is 2.17. The molecule has 0 aromatic carbocycles. The summed E-state index contributed by atoms with van der Waals surface area (Å²) in [6.45, 7) is -0.443. The number of nitrogen functional groups attached to an aromatic ring is 1. The van der Waals surface area contributed by atoms with Crippen LogP contribution in [0.5, 0.6) is 0 Å². The quantitative estimate of drug-likeness (QED) is 0.768. The van der Waals surface area contributed by atoms with Crippen LogP contribution in [0.2, 0.25) is 0 Å². The lowest BCUT2D eigenvalue weighted by Crippen LogP contribution is -2.06. The molecule has 0 fully saturated rings. The molecular formula is C8H9ClF2N2O. The first-order valence-electron chi connectivity index (χ1n) is 3.82. The van der Waals surface area contributed by atoms with Crippen LogP contribution in [0.4, 0.5) is 14.6 Å². The fraction of sp³-hybridized carbons (Fsp3) is 0.375. The van der Waals surface area contributed by atoms with Gasteiger partial charge in [0.2, 0.25) is 0 Å². The minimum atomic E-state index is -2.66. The van der Waals surface area contributed by atoms with Crippen molar-refractivity contribution in [2.75, 3.05) is 5.73 Å². The molecule has 0 atom stereocenters. The normalized spacial score (nSPS) is 10.9. The highest BCUT2D eigenvalue weighted by molar-refractivity contribution is 6.17. The Morgan fingerprint density at radius 3 is 2.57 bits per heavy atom. The van der Waals surface area contributed by atoms with Crippen molar-refractivity contribution in [2.24, 2.45) is 0 Å². The average molecular weight is 223 g/mol. The molecule has 0 spiro atoms. The highest BCUT2D eigenvalue weighted by Crippen LogP contribution is 2.28. The molecule has 0 saturated carbocycles. The molecule has 0 bridgehead atoms. The largest absolute Gasteiger partial charge is 0.392 e. The van der Waals surface area contributed by atoms with Crippen molar-refractivity contribution in [1.82, 2.24) is 4.98 Å². The van der Waals surface area contributed by atoms with E-state index in [0.29, 0.717) is 0 Å². The second-order valence-corrected chi connectivity index (χ2v) is 2.92. The van der Waals surface area contributed by atoms with Gasteiger partial charge >= 0.3 is 0 Å². The Labute approximate surface area is 84.5 Å². The summed E-state index contributed by atoms with van der Waals surface area (Å²) in [7, 11) is 0. The van der Waals surface area contributed by atoms with E-state index in [1.165, 1.54) is 0 Å². The summed E-state index contributed by atoms with van der Waals surface area (Å²) >= 11 is 5.50. The lowest BCUT2D eigenvalue weighted by atomic mass is 10.1. The minimum Gasteiger partial charge on any atom is -0.392 e. The van der Waals surface area contributed by atoms with Crippen molar-refractivity contribution in [1.29, 1.82) is 0 Å². The second-order valence-electron chi connectivity index (χ2n) is 2.65. The summed E-state index contributed by atoms with van der Waals surface area (Å²) in [6.07, 6.45) is -1.68. The van der Waals surface area contributed by atoms with Gasteiger partial charge in [-0.15, -0.1) is 11.6 Å². The van der Waals surface area contributed by atoms with Gasteiger partial charge in [0.1, 0.15) is 5.82 Å². The molecule has 3 nitrogen and oxygen atoms in total.